The van der Waals surface area contributed by atoms with Crippen LogP contribution in [0.15, 0.2) is 97.3 Å². The highest BCUT2D eigenvalue weighted by Gasteiger charge is 2.22. The molecular weight excluding hydrogens is 732 g/mol. The molecule has 2 saturated heterocycles. The standard InChI is InChI=1S/2C19H20ClN5S/c20-16-6-8-21-17(14-16)18-22-19(26-23-18)25-12-10-24(11-13-25)9-7-15-4-2-1-3-5-15;20-16-6-7-17(21-14-16)18-22-19(26-23-18)25-12-10-24(11-13-25)9-8-15-4-2-1-3-5-15/h1-6,8,14H,7,9-13H2;1-7,14H,8-13H2. The predicted molar refractivity (Wildman–Crippen MR) is 214 cm³/mol. The highest BCUT2D eigenvalue weighted by molar-refractivity contribution is 7.10. The van der Waals surface area contributed by atoms with E-state index in [1.807, 2.05) is 12.1 Å². The van der Waals surface area contributed by atoms with Crippen LogP contribution in [0.1, 0.15) is 11.1 Å². The molecule has 2 aliphatic heterocycles. The second kappa shape index (κ2) is 18.1. The first-order chi connectivity index (χ1) is 25.6. The van der Waals surface area contributed by atoms with Gasteiger partial charge in [0.05, 0.1) is 5.02 Å². The molecule has 2 aromatic carbocycles. The van der Waals surface area contributed by atoms with Crippen LogP contribution in [0.2, 0.25) is 10.0 Å². The predicted octanol–water partition coefficient (Wildman–Crippen LogP) is 7.24. The SMILES string of the molecule is Clc1ccc(-c2nsc(N3CCN(CCc4ccccc4)CC3)n2)nc1.Clc1ccnc(-c2nsc(N3CCN(CCc4ccccc4)CC3)n2)c1. The summed E-state index contributed by atoms with van der Waals surface area (Å²) in [6.45, 7) is 10.4. The van der Waals surface area contributed by atoms with Crippen molar-refractivity contribution in [3.8, 4) is 23.0 Å². The Hall–Kier alpha value is -4.04. The molecule has 0 amide bonds. The van der Waals surface area contributed by atoms with Gasteiger partial charge in [0.2, 0.25) is 10.3 Å². The molecule has 14 heteroatoms. The van der Waals surface area contributed by atoms with E-state index >= 15 is 0 Å². The van der Waals surface area contributed by atoms with Gasteiger partial charge in [-0.15, -0.1) is 0 Å². The van der Waals surface area contributed by atoms with E-state index in [9.17, 15) is 0 Å². The van der Waals surface area contributed by atoms with Crippen molar-refractivity contribution in [1.29, 1.82) is 0 Å². The summed E-state index contributed by atoms with van der Waals surface area (Å²) in [4.78, 5) is 27.6. The van der Waals surface area contributed by atoms with Crippen molar-refractivity contribution in [3.05, 3.63) is 118 Å². The molecule has 2 fully saturated rings. The molecule has 0 spiro atoms. The molecule has 0 atom stereocenters. The first-order valence-electron chi connectivity index (χ1n) is 17.5. The normalized spacial score (nSPS) is 15.3. The van der Waals surface area contributed by atoms with Crippen molar-refractivity contribution in [2.75, 3.05) is 75.2 Å². The Morgan fingerprint density at radius 2 is 1.06 bits per heavy atom. The van der Waals surface area contributed by atoms with Gasteiger partial charge in [-0.25, -0.2) is 0 Å². The van der Waals surface area contributed by atoms with E-state index in [0.29, 0.717) is 21.7 Å². The zero-order valence-electron chi connectivity index (χ0n) is 28.8. The number of hydrogen-bond acceptors (Lipinski definition) is 12. The quantitative estimate of drug-likeness (QED) is 0.142. The lowest BCUT2D eigenvalue weighted by atomic mass is 10.1. The Morgan fingerprint density at radius 1 is 0.538 bits per heavy atom. The third kappa shape index (κ3) is 10.1. The molecule has 0 saturated carbocycles. The maximum absolute atomic E-state index is 6.03. The fourth-order valence-electron chi connectivity index (χ4n) is 6.12. The summed E-state index contributed by atoms with van der Waals surface area (Å²) in [5.41, 5.74) is 4.29. The summed E-state index contributed by atoms with van der Waals surface area (Å²) in [7, 11) is 0. The number of piperazine rings is 2. The summed E-state index contributed by atoms with van der Waals surface area (Å²) < 4.78 is 8.91. The minimum absolute atomic E-state index is 0.621. The van der Waals surface area contributed by atoms with Crippen molar-refractivity contribution in [2.45, 2.75) is 12.8 Å². The van der Waals surface area contributed by atoms with Crippen molar-refractivity contribution in [2.24, 2.45) is 0 Å². The van der Waals surface area contributed by atoms with Crippen molar-refractivity contribution >= 4 is 56.5 Å². The van der Waals surface area contributed by atoms with Gasteiger partial charge in [0.15, 0.2) is 11.6 Å². The maximum atomic E-state index is 6.03. The first kappa shape index (κ1) is 36.3. The largest absolute Gasteiger partial charge is 0.344 e. The third-order valence-corrected chi connectivity index (χ3v) is 11.2. The van der Waals surface area contributed by atoms with Crippen LogP contribution in [-0.2, 0) is 12.8 Å². The van der Waals surface area contributed by atoms with Crippen LogP contribution >= 0.6 is 46.3 Å². The van der Waals surface area contributed by atoms with E-state index in [0.717, 1.165) is 99.9 Å². The minimum Gasteiger partial charge on any atom is -0.344 e. The van der Waals surface area contributed by atoms with Crippen LogP contribution in [-0.4, -0.2) is 104 Å². The van der Waals surface area contributed by atoms with Crippen LogP contribution in [0.5, 0.6) is 0 Å². The zero-order chi connectivity index (χ0) is 35.5. The average molecular weight is 772 g/mol. The maximum Gasteiger partial charge on any atom is 0.205 e. The number of halogens is 2. The van der Waals surface area contributed by atoms with E-state index in [4.69, 9.17) is 23.2 Å². The molecule has 8 rings (SSSR count). The highest BCUT2D eigenvalue weighted by atomic mass is 35.5. The van der Waals surface area contributed by atoms with Gasteiger partial charge in [-0.05, 0) is 48.2 Å². The number of rotatable bonds is 10. The Labute approximate surface area is 323 Å². The Balaban J connectivity index is 0.000000162. The van der Waals surface area contributed by atoms with E-state index in [-0.39, 0.29) is 0 Å². The van der Waals surface area contributed by atoms with E-state index in [1.54, 1.807) is 24.5 Å². The molecule has 268 valence electrons. The molecule has 0 radical (unpaired) electrons. The minimum atomic E-state index is 0.621. The van der Waals surface area contributed by atoms with E-state index in [2.05, 4.69) is 109 Å². The summed E-state index contributed by atoms with van der Waals surface area (Å²) in [6.07, 6.45) is 5.52. The van der Waals surface area contributed by atoms with Crippen LogP contribution in [0.3, 0.4) is 0 Å². The topological polar surface area (TPSA) is 90.3 Å². The van der Waals surface area contributed by atoms with Crippen molar-refractivity contribution in [1.82, 2.24) is 38.5 Å². The third-order valence-electron chi connectivity index (χ3n) is 9.14. The summed E-state index contributed by atoms with van der Waals surface area (Å²) in [5.74, 6) is 1.33. The Kier molecular flexibility index (Phi) is 12.7. The molecule has 0 bridgehead atoms. The molecule has 2 aliphatic rings. The van der Waals surface area contributed by atoms with Gasteiger partial charge in [-0.3, -0.25) is 19.8 Å². The van der Waals surface area contributed by atoms with Gasteiger partial charge in [0, 0.05) is 106 Å². The number of anilines is 2. The Morgan fingerprint density at radius 3 is 1.54 bits per heavy atom. The summed E-state index contributed by atoms with van der Waals surface area (Å²) in [5, 5.41) is 3.21. The van der Waals surface area contributed by atoms with Crippen LogP contribution in [0, 0.1) is 0 Å². The number of benzene rings is 2. The van der Waals surface area contributed by atoms with Gasteiger partial charge in [0.1, 0.15) is 11.4 Å². The average Bonchev–Trinajstić information content (AvgIpc) is 3.90. The van der Waals surface area contributed by atoms with Crippen molar-refractivity contribution in [3.63, 3.8) is 0 Å². The first-order valence-corrected chi connectivity index (χ1v) is 19.8. The van der Waals surface area contributed by atoms with Gasteiger partial charge in [-0.2, -0.15) is 18.7 Å². The van der Waals surface area contributed by atoms with Gasteiger partial charge in [0.25, 0.3) is 0 Å². The van der Waals surface area contributed by atoms with E-state index in [1.165, 1.54) is 34.2 Å². The van der Waals surface area contributed by atoms with Gasteiger partial charge >= 0.3 is 0 Å². The molecule has 0 N–H and O–H groups in total. The molecule has 0 aliphatic carbocycles. The highest BCUT2D eigenvalue weighted by Crippen LogP contribution is 2.26. The van der Waals surface area contributed by atoms with Crippen LogP contribution < -0.4 is 9.80 Å². The smallest absolute Gasteiger partial charge is 0.205 e. The molecule has 0 unspecified atom stereocenters. The summed E-state index contributed by atoms with van der Waals surface area (Å²) in [6, 6.07) is 28.6. The molecule has 6 aromatic rings. The number of nitrogens with zero attached hydrogens (tertiary/aromatic N) is 10. The number of hydrogen-bond donors (Lipinski definition) is 0. The van der Waals surface area contributed by atoms with E-state index < -0.39 is 0 Å². The van der Waals surface area contributed by atoms with Gasteiger partial charge < -0.3 is 9.80 Å². The molecule has 4 aromatic heterocycles. The van der Waals surface area contributed by atoms with Crippen molar-refractivity contribution < 1.29 is 0 Å². The second-order valence-electron chi connectivity index (χ2n) is 12.7. The van der Waals surface area contributed by atoms with Crippen LogP contribution in [0.25, 0.3) is 23.0 Å². The number of pyridine rings is 2. The fraction of sp³-hybridized carbons (Fsp3) is 0.316. The molecule has 52 heavy (non-hydrogen) atoms. The molecule has 6 heterocycles. The Bertz CT molecular complexity index is 1960. The van der Waals surface area contributed by atoms with Gasteiger partial charge in [-0.1, -0.05) is 83.9 Å². The molecule has 10 nitrogen and oxygen atoms in total. The number of aromatic nitrogens is 6. The summed E-state index contributed by atoms with van der Waals surface area (Å²) >= 11 is 14.8. The lowest BCUT2D eigenvalue weighted by Crippen LogP contribution is -2.47. The second-order valence-corrected chi connectivity index (χ2v) is 15.0. The zero-order valence-corrected chi connectivity index (χ0v) is 31.9. The monoisotopic (exact) mass is 770 g/mol. The lowest BCUT2D eigenvalue weighted by Gasteiger charge is -2.34. The van der Waals surface area contributed by atoms with Crippen LogP contribution in [0.4, 0.5) is 10.3 Å². The fourth-order valence-corrected chi connectivity index (χ4v) is 7.85. The lowest BCUT2D eigenvalue weighted by molar-refractivity contribution is 0.261. The molecular formula is C38H40Cl2N10S2.